The third-order valence-corrected chi connectivity index (χ3v) is 3.27. The van der Waals surface area contributed by atoms with Crippen LogP contribution in [0.5, 0.6) is 5.75 Å². The van der Waals surface area contributed by atoms with Crippen LogP contribution in [0.15, 0.2) is 36.4 Å². The lowest BCUT2D eigenvalue weighted by Crippen LogP contribution is -2.07. The quantitative estimate of drug-likeness (QED) is 0.692. The summed E-state index contributed by atoms with van der Waals surface area (Å²) in [6, 6.07) is 9.72. The Balaban J connectivity index is 2.53. The number of carbonyl (C=O) groups is 1. The summed E-state index contributed by atoms with van der Waals surface area (Å²) in [6.07, 6.45) is 0. The van der Waals surface area contributed by atoms with E-state index in [9.17, 15) is 4.79 Å². The van der Waals surface area contributed by atoms with E-state index in [0.717, 1.165) is 0 Å². The molecule has 5 heteroatoms. The second kappa shape index (κ2) is 5.51. The summed E-state index contributed by atoms with van der Waals surface area (Å²) in [4.78, 5) is 12.4. The zero-order valence-electron chi connectivity index (χ0n) is 10.1. The van der Waals surface area contributed by atoms with Gasteiger partial charge < -0.3 is 10.5 Å². The van der Waals surface area contributed by atoms with Crippen LogP contribution in [0.2, 0.25) is 10.0 Å². The predicted octanol–water partition coefficient (Wildman–Crippen LogP) is 3.82. The van der Waals surface area contributed by atoms with Crippen LogP contribution in [0.4, 0.5) is 5.69 Å². The van der Waals surface area contributed by atoms with Crippen molar-refractivity contribution in [1.82, 2.24) is 0 Å². The standard InChI is InChI=1S/C14H11Cl2NO2/c1-19-12-4-2-3-9(13(12)17)14(18)10-7-8(15)5-6-11(10)16/h2-7H,17H2,1H3. The molecule has 2 aromatic carbocycles. The maximum absolute atomic E-state index is 12.4. The third kappa shape index (κ3) is 2.67. The van der Waals surface area contributed by atoms with E-state index in [1.54, 1.807) is 30.3 Å². The molecule has 0 bridgehead atoms. The van der Waals surface area contributed by atoms with Crippen LogP contribution in [0.1, 0.15) is 15.9 Å². The van der Waals surface area contributed by atoms with Crippen LogP contribution in [0.25, 0.3) is 0 Å². The maximum atomic E-state index is 12.4. The first-order valence-electron chi connectivity index (χ1n) is 5.47. The van der Waals surface area contributed by atoms with Crippen molar-refractivity contribution >= 4 is 34.7 Å². The summed E-state index contributed by atoms with van der Waals surface area (Å²) < 4.78 is 5.09. The molecule has 0 spiro atoms. The number of benzene rings is 2. The molecule has 0 aliphatic heterocycles. The fourth-order valence-corrected chi connectivity index (χ4v) is 2.11. The van der Waals surface area contributed by atoms with E-state index in [1.165, 1.54) is 13.2 Å². The largest absolute Gasteiger partial charge is 0.495 e. The van der Waals surface area contributed by atoms with E-state index in [2.05, 4.69) is 0 Å². The number of nitrogens with two attached hydrogens (primary N) is 1. The first kappa shape index (κ1) is 13.7. The lowest BCUT2D eigenvalue weighted by Gasteiger charge is -2.10. The zero-order chi connectivity index (χ0) is 14.0. The molecule has 0 aliphatic carbocycles. The number of para-hydroxylation sites is 1. The minimum Gasteiger partial charge on any atom is -0.495 e. The van der Waals surface area contributed by atoms with Crippen LogP contribution < -0.4 is 10.5 Å². The van der Waals surface area contributed by atoms with Gasteiger partial charge in [0.15, 0.2) is 5.78 Å². The Labute approximate surface area is 120 Å². The van der Waals surface area contributed by atoms with Gasteiger partial charge in [0.05, 0.1) is 17.8 Å². The van der Waals surface area contributed by atoms with Gasteiger partial charge in [-0.25, -0.2) is 0 Å². The fourth-order valence-electron chi connectivity index (χ4n) is 1.74. The molecule has 0 atom stereocenters. The van der Waals surface area contributed by atoms with Gasteiger partial charge in [0.25, 0.3) is 0 Å². The molecular weight excluding hydrogens is 285 g/mol. The van der Waals surface area contributed by atoms with Gasteiger partial charge in [-0.3, -0.25) is 4.79 Å². The second-order valence-electron chi connectivity index (χ2n) is 3.87. The molecule has 2 N–H and O–H groups in total. The van der Waals surface area contributed by atoms with E-state index in [4.69, 9.17) is 33.7 Å². The lowest BCUT2D eigenvalue weighted by atomic mass is 10.0. The fraction of sp³-hybridized carbons (Fsp3) is 0.0714. The number of nitrogen functional groups attached to an aromatic ring is 1. The smallest absolute Gasteiger partial charge is 0.196 e. The minimum atomic E-state index is -0.288. The van der Waals surface area contributed by atoms with Crippen LogP contribution in [0.3, 0.4) is 0 Å². The van der Waals surface area contributed by atoms with Crippen LogP contribution in [-0.2, 0) is 0 Å². The van der Waals surface area contributed by atoms with Crippen molar-refractivity contribution in [1.29, 1.82) is 0 Å². The molecule has 3 nitrogen and oxygen atoms in total. The Morgan fingerprint density at radius 1 is 1.16 bits per heavy atom. The number of ether oxygens (including phenoxy) is 1. The number of hydrogen-bond donors (Lipinski definition) is 1. The summed E-state index contributed by atoms with van der Waals surface area (Å²) in [6.45, 7) is 0. The molecule has 0 saturated heterocycles. The summed E-state index contributed by atoms with van der Waals surface area (Å²) in [7, 11) is 1.49. The highest BCUT2D eigenvalue weighted by molar-refractivity contribution is 6.37. The number of hydrogen-bond acceptors (Lipinski definition) is 3. The first-order chi connectivity index (χ1) is 9.04. The monoisotopic (exact) mass is 295 g/mol. The van der Waals surface area contributed by atoms with Gasteiger partial charge >= 0.3 is 0 Å². The van der Waals surface area contributed by atoms with Gasteiger partial charge in [0.2, 0.25) is 0 Å². The Morgan fingerprint density at radius 3 is 2.58 bits per heavy atom. The van der Waals surface area contributed by atoms with E-state index >= 15 is 0 Å². The van der Waals surface area contributed by atoms with Crippen molar-refractivity contribution < 1.29 is 9.53 Å². The van der Waals surface area contributed by atoms with Gasteiger partial charge in [-0.2, -0.15) is 0 Å². The SMILES string of the molecule is COc1cccc(C(=O)c2cc(Cl)ccc2Cl)c1N. The molecule has 2 aromatic rings. The summed E-state index contributed by atoms with van der Waals surface area (Å²) in [5, 5.41) is 0.769. The van der Waals surface area contributed by atoms with Crippen molar-refractivity contribution in [2.24, 2.45) is 0 Å². The molecule has 0 radical (unpaired) electrons. The van der Waals surface area contributed by atoms with Gasteiger partial charge in [-0.05, 0) is 30.3 Å². The Kier molecular flexibility index (Phi) is 3.98. The molecular formula is C14H11Cl2NO2. The van der Waals surface area contributed by atoms with Crippen molar-refractivity contribution in [2.45, 2.75) is 0 Å². The van der Waals surface area contributed by atoms with E-state index in [1.807, 2.05) is 0 Å². The summed E-state index contributed by atoms with van der Waals surface area (Å²) >= 11 is 11.9. The molecule has 0 amide bonds. The molecule has 98 valence electrons. The normalized spacial score (nSPS) is 10.3. The Bertz CT molecular complexity index is 641. The van der Waals surface area contributed by atoms with E-state index in [-0.39, 0.29) is 11.5 Å². The Hall–Kier alpha value is -1.71. The van der Waals surface area contributed by atoms with Crippen LogP contribution in [-0.4, -0.2) is 12.9 Å². The van der Waals surface area contributed by atoms with Gasteiger partial charge in [-0.15, -0.1) is 0 Å². The molecule has 0 unspecified atom stereocenters. The summed E-state index contributed by atoms with van der Waals surface area (Å²) in [5.41, 5.74) is 6.83. The highest BCUT2D eigenvalue weighted by Gasteiger charge is 2.17. The van der Waals surface area contributed by atoms with Crippen molar-refractivity contribution in [3.63, 3.8) is 0 Å². The molecule has 0 heterocycles. The molecule has 2 rings (SSSR count). The number of rotatable bonds is 3. The Morgan fingerprint density at radius 2 is 1.89 bits per heavy atom. The molecule has 0 saturated carbocycles. The lowest BCUT2D eigenvalue weighted by molar-refractivity contribution is 0.103. The average molecular weight is 296 g/mol. The zero-order valence-corrected chi connectivity index (χ0v) is 11.6. The van der Waals surface area contributed by atoms with Crippen molar-refractivity contribution in [3.05, 3.63) is 57.6 Å². The number of methoxy groups -OCH3 is 1. The first-order valence-corrected chi connectivity index (χ1v) is 6.22. The van der Waals surface area contributed by atoms with Gasteiger partial charge in [0, 0.05) is 16.1 Å². The van der Waals surface area contributed by atoms with Crippen LogP contribution in [0, 0.1) is 0 Å². The number of anilines is 1. The van der Waals surface area contributed by atoms with E-state index in [0.29, 0.717) is 26.9 Å². The van der Waals surface area contributed by atoms with Crippen molar-refractivity contribution in [3.8, 4) is 5.75 Å². The van der Waals surface area contributed by atoms with Gasteiger partial charge in [-0.1, -0.05) is 29.3 Å². The minimum absolute atomic E-state index is 0.283. The average Bonchev–Trinajstić information content (AvgIpc) is 2.41. The molecule has 0 aromatic heterocycles. The molecule has 19 heavy (non-hydrogen) atoms. The number of halogens is 2. The van der Waals surface area contributed by atoms with Gasteiger partial charge in [0.1, 0.15) is 5.75 Å². The number of ketones is 1. The topological polar surface area (TPSA) is 52.3 Å². The molecule has 0 aliphatic rings. The molecule has 0 fully saturated rings. The third-order valence-electron chi connectivity index (χ3n) is 2.70. The number of carbonyl (C=O) groups excluding carboxylic acids is 1. The summed E-state index contributed by atoms with van der Waals surface area (Å²) in [5.74, 6) is 0.160. The van der Waals surface area contributed by atoms with Crippen LogP contribution >= 0.6 is 23.2 Å². The highest BCUT2D eigenvalue weighted by Crippen LogP contribution is 2.29. The van der Waals surface area contributed by atoms with Crippen molar-refractivity contribution in [2.75, 3.05) is 12.8 Å². The van der Waals surface area contributed by atoms with E-state index < -0.39 is 0 Å². The predicted molar refractivity (Wildman–Crippen MR) is 77.3 cm³/mol. The second-order valence-corrected chi connectivity index (χ2v) is 4.72. The highest BCUT2D eigenvalue weighted by atomic mass is 35.5. The maximum Gasteiger partial charge on any atom is 0.196 e.